The van der Waals surface area contributed by atoms with E-state index in [0.29, 0.717) is 19.0 Å². The standard InChI is InChI=1S/C18H23ClN4O2S.HI/c1-20-18(22-10-9-14-5-3-7-16(19)11-14)23-13-15-6-4-8-17(12-15)26(24,25)21-2;/h3-8,11-12,21H,9-10,13H2,1-2H3,(H2,20,22,23);1H. The van der Waals surface area contributed by atoms with Crippen LogP contribution in [-0.2, 0) is 23.0 Å². The van der Waals surface area contributed by atoms with Crippen LogP contribution in [0.2, 0.25) is 5.02 Å². The van der Waals surface area contributed by atoms with Gasteiger partial charge in [0.15, 0.2) is 5.96 Å². The minimum absolute atomic E-state index is 0. The van der Waals surface area contributed by atoms with Gasteiger partial charge in [-0.2, -0.15) is 0 Å². The topological polar surface area (TPSA) is 82.6 Å². The van der Waals surface area contributed by atoms with Gasteiger partial charge < -0.3 is 10.6 Å². The summed E-state index contributed by atoms with van der Waals surface area (Å²) in [6, 6.07) is 14.5. The average Bonchev–Trinajstić information content (AvgIpc) is 2.65. The zero-order valence-corrected chi connectivity index (χ0v) is 19.1. The van der Waals surface area contributed by atoms with E-state index in [0.717, 1.165) is 22.6 Å². The molecule has 3 N–H and O–H groups in total. The fraction of sp³-hybridized carbons (Fsp3) is 0.278. The molecule has 0 aromatic heterocycles. The molecular weight excluding hydrogens is 499 g/mol. The van der Waals surface area contributed by atoms with Crippen LogP contribution >= 0.6 is 35.6 Å². The molecule has 9 heteroatoms. The summed E-state index contributed by atoms with van der Waals surface area (Å²) < 4.78 is 26.1. The van der Waals surface area contributed by atoms with E-state index in [1.54, 1.807) is 25.2 Å². The number of rotatable bonds is 7. The second-order valence-electron chi connectivity index (χ2n) is 5.59. The van der Waals surface area contributed by atoms with E-state index in [9.17, 15) is 8.42 Å². The zero-order chi connectivity index (χ0) is 19.0. The molecule has 0 spiro atoms. The van der Waals surface area contributed by atoms with Crippen LogP contribution in [0.3, 0.4) is 0 Å². The molecule has 0 amide bonds. The van der Waals surface area contributed by atoms with Crippen molar-refractivity contribution >= 4 is 51.6 Å². The van der Waals surface area contributed by atoms with Crippen LogP contribution in [0.1, 0.15) is 11.1 Å². The number of benzene rings is 2. The van der Waals surface area contributed by atoms with Crippen molar-refractivity contribution in [3.8, 4) is 0 Å². The fourth-order valence-corrected chi connectivity index (χ4v) is 3.38. The van der Waals surface area contributed by atoms with Gasteiger partial charge in [0.25, 0.3) is 0 Å². The first-order chi connectivity index (χ1) is 12.4. The first-order valence-electron chi connectivity index (χ1n) is 8.16. The van der Waals surface area contributed by atoms with Crippen molar-refractivity contribution in [2.24, 2.45) is 4.99 Å². The van der Waals surface area contributed by atoms with Gasteiger partial charge >= 0.3 is 0 Å². The summed E-state index contributed by atoms with van der Waals surface area (Å²) in [6.07, 6.45) is 0.817. The van der Waals surface area contributed by atoms with E-state index in [1.165, 1.54) is 7.05 Å². The highest BCUT2D eigenvalue weighted by Crippen LogP contribution is 2.11. The molecule has 0 aliphatic heterocycles. The van der Waals surface area contributed by atoms with Gasteiger partial charge in [-0.25, -0.2) is 13.1 Å². The lowest BCUT2D eigenvalue weighted by molar-refractivity contribution is 0.588. The highest BCUT2D eigenvalue weighted by Gasteiger charge is 2.11. The van der Waals surface area contributed by atoms with Gasteiger partial charge in [0, 0.05) is 25.2 Å². The monoisotopic (exact) mass is 522 g/mol. The third kappa shape index (κ3) is 7.65. The second kappa shape index (κ2) is 11.5. The largest absolute Gasteiger partial charge is 0.356 e. The van der Waals surface area contributed by atoms with Crippen LogP contribution in [0.4, 0.5) is 0 Å². The number of hydrogen-bond acceptors (Lipinski definition) is 3. The predicted molar refractivity (Wildman–Crippen MR) is 121 cm³/mol. The Hall–Kier alpha value is -1.36. The van der Waals surface area contributed by atoms with E-state index < -0.39 is 10.0 Å². The summed E-state index contributed by atoms with van der Waals surface area (Å²) >= 11 is 5.98. The summed E-state index contributed by atoms with van der Waals surface area (Å²) in [6.45, 7) is 1.16. The minimum Gasteiger partial charge on any atom is -0.356 e. The number of sulfonamides is 1. The Morgan fingerprint density at radius 1 is 1.07 bits per heavy atom. The van der Waals surface area contributed by atoms with Crippen LogP contribution < -0.4 is 15.4 Å². The lowest BCUT2D eigenvalue weighted by Gasteiger charge is -2.12. The lowest BCUT2D eigenvalue weighted by Crippen LogP contribution is -2.37. The normalized spacial score (nSPS) is 11.6. The Kier molecular flexibility index (Phi) is 10.1. The Morgan fingerprint density at radius 3 is 2.44 bits per heavy atom. The highest BCUT2D eigenvalue weighted by atomic mass is 127. The second-order valence-corrected chi connectivity index (χ2v) is 7.91. The van der Waals surface area contributed by atoms with Gasteiger partial charge in [-0.05, 0) is 48.9 Å². The van der Waals surface area contributed by atoms with E-state index in [1.807, 2.05) is 30.3 Å². The molecule has 0 aliphatic rings. The van der Waals surface area contributed by atoms with Gasteiger partial charge in [-0.15, -0.1) is 24.0 Å². The van der Waals surface area contributed by atoms with Crippen molar-refractivity contribution < 1.29 is 8.42 Å². The quantitative estimate of drug-likeness (QED) is 0.297. The molecule has 0 radical (unpaired) electrons. The number of guanidine groups is 1. The van der Waals surface area contributed by atoms with Crippen LogP contribution in [0.15, 0.2) is 58.4 Å². The molecule has 0 atom stereocenters. The fourth-order valence-electron chi connectivity index (χ4n) is 2.36. The molecule has 2 aromatic rings. The maximum absolute atomic E-state index is 11.9. The van der Waals surface area contributed by atoms with Crippen molar-refractivity contribution in [3.05, 3.63) is 64.7 Å². The molecule has 148 valence electrons. The van der Waals surface area contributed by atoms with Crippen molar-refractivity contribution in [2.75, 3.05) is 20.6 Å². The molecule has 0 heterocycles. The maximum Gasteiger partial charge on any atom is 0.240 e. The molecule has 0 saturated carbocycles. The van der Waals surface area contributed by atoms with Crippen molar-refractivity contribution in [2.45, 2.75) is 17.9 Å². The van der Waals surface area contributed by atoms with Crippen LogP contribution in [0.25, 0.3) is 0 Å². The Bertz CT molecular complexity index is 875. The number of nitrogens with one attached hydrogen (secondary N) is 3. The van der Waals surface area contributed by atoms with Crippen LogP contribution in [0.5, 0.6) is 0 Å². The number of nitrogens with zero attached hydrogens (tertiary/aromatic N) is 1. The van der Waals surface area contributed by atoms with E-state index >= 15 is 0 Å². The Morgan fingerprint density at radius 2 is 1.78 bits per heavy atom. The van der Waals surface area contributed by atoms with Gasteiger partial charge in [0.2, 0.25) is 10.0 Å². The lowest BCUT2D eigenvalue weighted by atomic mass is 10.1. The highest BCUT2D eigenvalue weighted by molar-refractivity contribution is 14.0. The molecular formula is C18H24ClIN4O2S. The number of hydrogen-bond donors (Lipinski definition) is 3. The molecule has 2 rings (SSSR count). The first kappa shape index (κ1) is 23.7. The van der Waals surface area contributed by atoms with Crippen molar-refractivity contribution in [3.63, 3.8) is 0 Å². The van der Waals surface area contributed by atoms with E-state index in [2.05, 4.69) is 20.3 Å². The third-order valence-corrected chi connectivity index (χ3v) is 5.40. The molecule has 0 aliphatic carbocycles. The Labute approximate surface area is 182 Å². The average molecular weight is 523 g/mol. The smallest absolute Gasteiger partial charge is 0.240 e. The molecule has 0 saturated heterocycles. The third-order valence-electron chi connectivity index (χ3n) is 3.76. The maximum atomic E-state index is 11.9. The van der Waals surface area contributed by atoms with Crippen LogP contribution in [0, 0.1) is 0 Å². The summed E-state index contributed by atoms with van der Waals surface area (Å²) in [4.78, 5) is 4.42. The van der Waals surface area contributed by atoms with E-state index in [-0.39, 0.29) is 28.9 Å². The Balaban J connectivity index is 0.00000364. The zero-order valence-electron chi connectivity index (χ0n) is 15.2. The van der Waals surface area contributed by atoms with Crippen LogP contribution in [-0.4, -0.2) is 35.0 Å². The molecule has 0 fully saturated rings. The van der Waals surface area contributed by atoms with Gasteiger partial charge in [0.05, 0.1) is 4.90 Å². The molecule has 2 aromatic carbocycles. The molecule has 0 unspecified atom stereocenters. The van der Waals surface area contributed by atoms with Gasteiger partial charge in [-0.3, -0.25) is 4.99 Å². The van der Waals surface area contributed by atoms with Crippen molar-refractivity contribution in [1.82, 2.24) is 15.4 Å². The SMILES string of the molecule is CN=C(NCCc1cccc(Cl)c1)NCc1cccc(S(=O)(=O)NC)c1.I. The van der Waals surface area contributed by atoms with Gasteiger partial charge in [0.1, 0.15) is 0 Å². The summed E-state index contributed by atoms with van der Waals surface area (Å²) in [5, 5.41) is 7.13. The van der Waals surface area contributed by atoms with E-state index in [4.69, 9.17) is 11.6 Å². The molecule has 27 heavy (non-hydrogen) atoms. The van der Waals surface area contributed by atoms with Crippen molar-refractivity contribution in [1.29, 1.82) is 0 Å². The number of halogens is 2. The predicted octanol–water partition coefficient (Wildman–Crippen LogP) is 2.77. The molecule has 0 bridgehead atoms. The van der Waals surface area contributed by atoms with Gasteiger partial charge in [-0.1, -0.05) is 35.9 Å². The summed E-state index contributed by atoms with van der Waals surface area (Å²) in [7, 11) is -0.362. The summed E-state index contributed by atoms with van der Waals surface area (Å²) in [5.41, 5.74) is 1.99. The molecule has 6 nitrogen and oxygen atoms in total. The summed E-state index contributed by atoms with van der Waals surface area (Å²) in [5.74, 6) is 0.647. The number of aliphatic imine (C=N–C) groups is 1. The minimum atomic E-state index is -3.45. The first-order valence-corrected chi connectivity index (χ1v) is 10.0.